The number of amides is 2. The van der Waals surface area contributed by atoms with Gasteiger partial charge in [-0.25, -0.2) is 8.78 Å². The molecular weight excluding hydrogens is 1050 g/mol. The Morgan fingerprint density at radius 1 is 0.922 bits per heavy atom. The summed E-state index contributed by atoms with van der Waals surface area (Å²) in [5.74, 6) is 5.28. The van der Waals surface area contributed by atoms with Crippen molar-refractivity contribution in [2.24, 2.45) is 4.99 Å². The summed E-state index contributed by atoms with van der Waals surface area (Å²) >= 11 is 7.86. The standard InChI is InChI=1S/C54H60ClF5N10O6S/c1-32-33(2)77-53-49(32)50(35-11-13-36(55)14-12-35)65-45(51-67-66-34(3)70(51)53)29-48(71)62-17-20-74-22-24-76-25-23-75-21-18-63-52(72)38-27-47(73-5)44(28-40(38)56)61-16-7-8-37-26-39-42(64-43-15-19-68(4)30-41(43)57)9-6-10-46(39)69(37)31-54(58,59)60/h6,9-14,26-28,41,43,45,61,64H,15-25,29-31H2,1-5H3,(H,62,71)(H,63,72)/t41?,43?,45-/m0/s1. The molecule has 3 atom stereocenters. The molecule has 2 aliphatic heterocycles. The number of benzene rings is 3. The fourth-order valence-corrected chi connectivity index (χ4v) is 10.4. The van der Waals surface area contributed by atoms with E-state index in [4.69, 9.17) is 35.5 Å². The molecule has 23 heteroatoms. The summed E-state index contributed by atoms with van der Waals surface area (Å²) in [7, 11) is 3.18. The molecule has 1 saturated heterocycles. The molecule has 0 bridgehead atoms. The van der Waals surface area contributed by atoms with Crippen LogP contribution in [0, 0.1) is 38.4 Å². The van der Waals surface area contributed by atoms with Crippen LogP contribution in [0.25, 0.3) is 15.9 Å². The van der Waals surface area contributed by atoms with Crippen LogP contribution >= 0.6 is 22.9 Å². The van der Waals surface area contributed by atoms with Crippen LogP contribution in [0.5, 0.6) is 5.75 Å². The van der Waals surface area contributed by atoms with Crippen LogP contribution in [0.1, 0.15) is 68.2 Å². The van der Waals surface area contributed by atoms with E-state index in [2.05, 4.69) is 57.2 Å². The molecule has 77 heavy (non-hydrogen) atoms. The molecule has 5 heterocycles. The van der Waals surface area contributed by atoms with Gasteiger partial charge in [-0.15, -0.1) is 21.5 Å². The van der Waals surface area contributed by atoms with Crippen molar-refractivity contribution < 1.29 is 50.5 Å². The highest BCUT2D eigenvalue weighted by Gasteiger charge is 2.34. The third-order valence-electron chi connectivity index (χ3n) is 13.1. The van der Waals surface area contributed by atoms with Crippen LogP contribution in [0.2, 0.25) is 5.02 Å². The molecule has 8 rings (SSSR count). The number of halogens is 6. The zero-order valence-corrected chi connectivity index (χ0v) is 44.8. The van der Waals surface area contributed by atoms with Gasteiger partial charge in [-0.2, -0.15) is 13.2 Å². The van der Waals surface area contributed by atoms with Crippen LogP contribution in [0.4, 0.5) is 33.3 Å². The third kappa shape index (κ3) is 14.1. The number of aliphatic imine (C=N–C) groups is 1. The number of carbonyl (C=O) groups excluding carboxylic acids is 2. The fourth-order valence-electron chi connectivity index (χ4n) is 9.11. The maximum atomic E-state index is 15.3. The van der Waals surface area contributed by atoms with Gasteiger partial charge >= 0.3 is 6.18 Å². The second kappa shape index (κ2) is 25.7. The summed E-state index contributed by atoms with van der Waals surface area (Å²) in [6.45, 7) is 7.33. The van der Waals surface area contributed by atoms with E-state index in [-0.39, 0.29) is 106 Å². The summed E-state index contributed by atoms with van der Waals surface area (Å²) in [6, 6.07) is 15.1. The highest BCUT2D eigenvalue weighted by Crippen LogP contribution is 2.40. The number of piperidine rings is 1. The van der Waals surface area contributed by atoms with Crippen molar-refractivity contribution in [1.29, 1.82) is 0 Å². The average molecular weight is 1110 g/mol. The molecule has 2 amide bonds. The summed E-state index contributed by atoms with van der Waals surface area (Å²) in [4.78, 5) is 34.4. The summed E-state index contributed by atoms with van der Waals surface area (Å²) in [5, 5.41) is 22.5. The van der Waals surface area contributed by atoms with E-state index in [1.165, 1.54) is 13.2 Å². The minimum absolute atomic E-state index is 0.0499. The van der Waals surface area contributed by atoms with Crippen LogP contribution < -0.4 is 26.0 Å². The van der Waals surface area contributed by atoms with E-state index >= 15 is 4.39 Å². The second-order valence-corrected chi connectivity index (χ2v) is 20.2. The van der Waals surface area contributed by atoms with Gasteiger partial charge in [-0.1, -0.05) is 35.7 Å². The van der Waals surface area contributed by atoms with Crippen LogP contribution in [-0.4, -0.2) is 147 Å². The number of aromatic nitrogens is 4. The van der Waals surface area contributed by atoms with Gasteiger partial charge in [-0.05, 0) is 82.1 Å². The predicted octanol–water partition coefficient (Wildman–Crippen LogP) is 8.37. The van der Waals surface area contributed by atoms with Crippen LogP contribution in [0.3, 0.4) is 0 Å². The van der Waals surface area contributed by atoms with E-state index in [1.54, 1.807) is 35.6 Å². The van der Waals surface area contributed by atoms with Crippen molar-refractivity contribution in [3.8, 4) is 22.6 Å². The topological polar surface area (TPSA) is 170 Å². The van der Waals surface area contributed by atoms with Crippen molar-refractivity contribution >= 4 is 62.7 Å². The van der Waals surface area contributed by atoms with Gasteiger partial charge in [0.05, 0.1) is 93.9 Å². The van der Waals surface area contributed by atoms with Crippen molar-refractivity contribution in [3.63, 3.8) is 0 Å². The number of alkyl halides is 4. The summed E-state index contributed by atoms with van der Waals surface area (Å²) < 4.78 is 96.8. The van der Waals surface area contributed by atoms with Crippen molar-refractivity contribution in [2.45, 2.75) is 64.6 Å². The van der Waals surface area contributed by atoms with E-state index < -0.39 is 42.7 Å². The number of carbonyl (C=O) groups is 2. The van der Waals surface area contributed by atoms with E-state index in [0.29, 0.717) is 40.7 Å². The number of thiophene rings is 1. The Kier molecular flexibility index (Phi) is 18.9. The van der Waals surface area contributed by atoms with Crippen molar-refractivity contribution in [1.82, 2.24) is 34.9 Å². The molecule has 0 spiro atoms. The maximum Gasteiger partial charge on any atom is 0.406 e. The zero-order valence-electron chi connectivity index (χ0n) is 43.2. The smallest absolute Gasteiger partial charge is 0.406 e. The highest BCUT2D eigenvalue weighted by molar-refractivity contribution is 7.15. The molecule has 3 aromatic heterocycles. The second-order valence-electron chi connectivity index (χ2n) is 18.5. The lowest BCUT2D eigenvalue weighted by Gasteiger charge is -2.33. The van der Waals surface area contributed by atoms with Gasteiger partial charge in [0.1, 0.15) is 41.2 Å². The number of ether oxygens (including phenoxy) is 4. The molecule has 410 valence electrons. The number of methoxy groups -OCH3 is 1. The molecule has 2 unspecified atom stereocenters. The lowest BCUT2D eigenvalue weighted by molar-refractivity contribution is -0.140. The van der Waals surface area contributed by atoms with E-state index in [9.17, 15) is 27.2 Å². The minimum Gasteiger partial charge on any atom is -0.495 e. The van der Waals surface area contributed by atoms with E-state index in [0.717, 1.165) is 42.9 Å². The highest BCUT2D eigenvalue weighted by atomic mass is 35.5. The molecule has 0 saturated carbocycles. The SMILES string of the molecule is COc1cc(C(=O)NCCOCCOCCOCCNC(=O)C[C@@H]2N=C(c3ccc(Cl)cc3)c3c(sc(C)c3C)-n3c(C)nnc32)c(F)cc1NCC#Cc1cc2c(NC3CCN(C)CC3F)cccc2n1CC(F)(F)F. The lowest BCUT2D eigenvalue weighted by Crippen LogP contribution is -2.46. The number of fused-ring (bicyclic) bond motifs is 4. The number of anilines is 2. The number of hydrogen-bond acceptors (Lipinski definition) is 13. The third-order valence-corrected chi connectivity index (χ3v) is 14.5. The quantitative estimate of drug-likeness (QED) is 0.0293. The van der Waals surface area contributed by atoms with Crippen molar-refractivity contribution in [2.75, 3.05) is 97.2 Å². The Balaban J connectivity index is 0.730. The van der Waals surface area contributed by atoms with Gasteiger partial charge in [0.25, 0.3) is 5.91 Å². The molecule has 2 aliphatic rings. The number of rotatable bonds is 22. The van der Waals surface area contributed by atoms with Gasteiger partial charge < -0.3 is 49.7 Å². The Hall–Kier alpha value is -6.61. The summed E-state index contributed by atoms with van der Waals surface area (Å²) in [5.41, 5.74) is 4.52. The van der Waals surface area contributed by atoms with Gasteiger partial charge in [0.2, 0.25) is 5.91 Å². The first-order valence-corrected chi connectivity index (χ1v) is 26.2. The zero-order chi connectivity index (χ0) is 54.8. The molecule has 3 aromatic carbocycles. The number of likely N-dealkylation sites (tertiary alicyclic amines) is 1. The first-order valence-electron chi connectivity index (χ1n) is 25.0. The Bertz CT molecular complexity index is 3150. The summed E-state index contributed by atoms with van der Waals surface area (Å²) in [6.07, 6.45) is -5.12. The van der Waals surface area contributed by atoms with E-state index in [1.807, 2.05) is 47.7 Å². The Morgan fingerprint density at radius 2 is 1.64 bits per heavy atom. The lowest BCUT2D eigenvalue weighted by atomic mass is 9.99. The molecule has 6 aromatic rings. The fraction of sp³-hybridized carbons (Fsp3) is 0.426. The molecule has 16 nitrogen and oxygen atoms in total. The molecule has 0 aliphatic carbocycles. The van der Waals surface area contributed by atoms with Crippen LogP contribution in [0.15, 0.2) is 65.7 Å². The minimum atomic E-state index is -4.55. The van der Waals surface area contributed by atoms with Gasteiger partial charge in [0.15, 0.2) is 5.82 Å². The molecule has 0 radical (unpaired) electrons. The maximum absolute atomic E-state index is 15.3. The molecule has 4 N–H and O–H groups in total. The normalized spacial score (nSPS) is 16.5. The number of hydrogen-bond donors (Lipinski definition) is 4. The number of nitrogens with zero attached hydrogens (tertiary/aromatic N) is 6. The van der Waals surface area contributed by atoms with Gasteiger partial charge in [-0.3, -0.25) is 19.1 Å². The van der Waals surface area contributed by atoms with Gasteiger partial charge in [0, 0.05) is 64.3 Å². The number of aryl methyl sites for hydroxylation is 2. The Morgan fingerprint density at radius 3 is 2.34 bits per heavy atom. The predicted molar refractivity (Wildman–Crippen MR) is 286 cm³/mol. The first kappa shape index (κ1) is 56.6. The largest absolute Gasteiger partial charge is 0.495 e. The van der Waals surface area contributed by atoms with Crippen molar-refractivity contribution in [3.05, 3.63) is 116 Å². The average Bonchev–Trinajstić information content (AvgIpc) is 4.11. The first-order chi connectivity index (χ1) is 37.0. The number of nitrogens with one attached hydrogen (secondary N) is 4. The molecular formula is C54H60ClF5N10O6S. The molecule has 1 fully saturated rings. The van der Waals surface area contributed by atoms with Crippen LogP contribution in [-0.2, 0) is 25.5 Å². The Labute approximate surface area is 451 Å². The monoisotopic (exact) mass is 1110 g/mol.